The van der Waals surface area contributed by atoms with Crippen LogP contribution in [-0.4, -0.2) is 5.78 Å². The first kappa shape index (κ1) is 13.1. The number of Topliss-reactive ketones (excluding diaryl/α,β-unsaturated/α-hetero) is 1. The molecular weight excluding hydrogens is 323 g/mol. The van der Waals surface area contributed by atoms with Gasteiger partial charge in [0.15, 0.2) is 5.76 Å². The molecule has 0 N–H and O–H groups in total. The first-order valence-corrected chi connectivity index (χ1v) is 6.88. The molecule has 2 nitrogen and oxygen atoms in total. The van der Waals surface area contributed by atoms with Gasteiger partial charge in [-0.25, -0.2) is 4.39 Å². The number of benzene rings is 2. The van der Waals surface area contributed by atoms with Crippen molar-refractivity contribution in [2.24, 2.45) is 0 Å². The van der Waals surface area contributed by atoms with E-state index in [1.54, 1.807) is 12.1 Å². The van der Waals surface area contributed by atoms with Gasteiger partial charge in [0.2, 0.25) is 5.78 Å². The van der Waals surface area contributed by atoms with Crippen molar-refractivity contribution in [3.8, 4) is 0 Å². The van der Waals surface area contributed by atoms with E-state index >= 15 is 0 Å². The smallest absolute Gasteiger partial charge is 0.202 e. The number of ketones is 1. The SMILES string of the molecule is O=C(Cc1cc(F)cc(Br)c1)c1cc2ccccc2o1. The minimum absolute atomic E-state index is 0.107. The summed E-state index contributed by atoms with van der Waals surface area (Å²) in [6.07, 6.45) is 0.107. The van der Waals surface area contributed by atoms with E-state index in [-0.39, 0.29) is 18.0 Å². The second-order valence-electron chi connectivity index (χ2n) is 4.53. The zero-order valence-electron chi connectivity index (χ0n) is 10.4. The maximum atomic E-state index is 13.3. The van der Waals surface area contributed by atoms with Crippen LogP contribution in [-0.2, 0) is 6.42 Å². The third-order valence-corrected chi connectivity index (χ3v) is 3.45. The van der Waals surface area contributed by atoms with Crippen LogP contribution < -0.4 is 0 Å². The fourth-order valence-corrected chi connectivity index (χ4v) is 2.62. The summed E-state index contributed by atoms with van der Waals surface area (Å²) >= 11 is 3.21. The topological polar surface area (TPSA) is 30.2 Å². The molecule has 0 aliphatic carbocycles. The van der Waals surface area contributed by atoms with Gasteiger partial charge >= 0.3 is 0 Å². The largest absolute Gasteiger partial charge is 0.453 e. The van der Waals surface area contributed by atoms with Gasteiger partial charge in [0, 0.05) is 16.3 Å². The number of fused-ring (bicyclic) bond motifs is 1. The fourth-order valence-electron chi connectivity index (χ4n) is 2.10. The quantitative estimate of drug-likeness (QED) is 0.647. The highest BCUT2D eigenvalue weighted by atomic mass is 79.9. The third-order valence-electron chi connectivity index (χ3n) is 2.99. The molecule has 0 atom stereocenters. The highest BCUT2D eigenvalue weighted by molar-refractivity contribution is 9.10. The Balaban J connectivity index is 1.88. The molecule has 0 unspecified atom stereocenters. The Labute approximate surface area is 123 Å². The van der Waals surface area contributed by atoms with E-state index in [9.17, 15) is 9.18 Å². The van der Waals surface area contributed by atoms with Crippen molar-refractivity contribution in [3.05, 3.63) is 70.1 Å². The average molecular weight is 333 g/mol. The van der Waals surface area contributed by atoms with Crippen LogP contribution in [0.4, 0.5) is 4.39 Å². The average Bonchev–Trinajstić information content (AvgIpc) is 2.81. The first-order valence-electron chi connectivity index (χ1n) is 6.08. The number of furan rings is 1. The van der Waals surface area contributed by atoms with Crippen LogP contribution in [0.2, 0.25) is 0 Å². The lowest BCUT2D eigenvalue weighted by Crippen LogP contribution is -2.02. The zero-order chi connectivity index (χ0) is 14.1. The molecule has 0 saturated heterocycles. The Morgan fingerprint density at radius 3 is 2.70 bits per heavy atom. The van der Waals surface area contributed by atoms with Crippen LogP contribution in [0.1, 0.15) is 16.1 Å². The molecule has 0 amide bonds. The van der Waals surface area contributed by atoms with Crippen LogP contribution in [0.25, 0.3) is 11.0 Å². The van der Waals surface area contributed by atoms with Gasteiger partial charge in [-0.3, -0.25) is 4.79 Å². The predicted molar refractivity (Wildman–Crippen MR) is 78.3 cm³/mol. The highest BCUT2D eigenvalue weighted by Gasteiger charge is 2.13. The number of hydrogen-bond acceptors (Lipinski definition) is 2. The van der Waals surface area contributed by atoms with E-state index in [0.29, 0.717) is 21.4 Å². The number of halogens is 2. The van der Waals surface area contributed by atoms with E-state index in [1.807, 2.05) is 24.3 Å². The van der Waals surface area contributed by atoms with Gasteiger partial charge < -0.3 is 4.42 Å². The molecule has 1 aromatic heterocycles. The maximum Gasteiger partial charge on any atom is 0.202 e. The normalized spacial score (nSPS) is 10.9. The number of rotatable bonds is 3. The molecule has 0 fully saturated rings. The van der Waals surface area contributed by atoms with Crippen molar-refractivity contribution >= 4 is 32.7 Å². The summed E-state index contributed by atoms with van der Waals surface area (Å²) in [5.74, 6) is -0.239. The lowest BCUT2D eigenvalue weighted by atomic mass is 10.1. The van der Waals surface area contributed by atoms with E-state index in [2.05, 4.69) is 15.9 Å². The van der Waals surface area contributed by atoms with Crippen LogP contribution in [0.15, 0.2) is 57.4 Å². The third kappa shape index (κ3) is 2.65. The number of carbonyl (C=O) groups is 1. The van der Waals surface area contributed by atoms with Crippen LogP contribution in [0, 0.1) is 5.82 Å². The molecule has 0 saturated carbocycles. The van der Waals surface area contributed by atoms with Gasteiger partial charge in [0.25, 0.3) is 0 Å². The predicted octanol–water partition coefficient (Wildman–Crippen LogP) is 4.76. The molecule has 0 bridgehead atoms. The summed E-state index contributed by atoms with van der Waals surface area (Å²) in [5.41, 5.74) is 1.29. The highest BCUT2D eigenvalue weighted by Crippen LogP contribution is 2.21. The fraction of sp³-hybridized carbons (Fsp3) is 0.0625. The Hall–Kier alpha value is -1.94. The molecular formula is C16H10BrFO2. The number of hydrogen-bond donors (Lipinski definition) is 0. The van der Waals surface area contributed by atoms with Crippen molar-refractivity contribution in [2.45, 2.75) is 6.42 Å². The van der Waals surface area contributed by atoms with Crippen molar-refractivity contribution in [2.75, 3.05) is 0 Å². The van der Waals surface area contributed by atoms with E-state index in [4.69, 9.17) is 4.42 Å². The molecule has 0 aliphatic heterocycles. The van der Waals surface area contributed by atoms with Crippen LogP contribution >= 0.6 is 15.9 Å². The molecule has 3 aromatic rings. The van der Waals surface area contributed by atoms with Gasteiger partial charge in [0.1, 0.15) is 11.4 Å². The minimum Gasteiger partial charge on any atom is -0.453 e. The molecule has 4 heteroatoms. The summed E-state index contributed by atoms with van der Waals surface area (Å²) in [7, 11) is 0. The lowest BCUT2D eigenvalue weighted by molar-refractivity contribution is 0.0968. The molecule has 2 aromatic carbocycles. The van der Waals surface area contributed by atoms with Crippen molar-refractivity contribution < 1.29 is 13.6 Å². The first-order chi connectivity index (χ1) is 9.61. The Kier molecular flexibility index (Phi) is 3.40. The van der Waals surface area contributed by atoms with Crippen molar-refractivity contribution in [1.29, 1.82) is 0 Å². The van der Waals surface area contributed by atoms with E-state index < -0.39 is 0 Å². The van der Waals surface area contributed by atoms with Crippen molar-refractivity contribution in [3.63, 3.8) is 0 Å². The molecule has 100 valence electrons. The van der Waals surface area contributed by atoms with E-state index in [1.165, 1.54) is 12.1 Å². The monoisotopic (exact) mass is 332 g/mol. The summed E-state index contributed by atoms with van der Waals surface area (Å²) in [6.45, 7) is 0. The lowest BCUT2D eigenvalue weighted by Gasteiger charge is -2.00. The minimum atomic E-state index is -0.369. The van der Waals surface area contributed by atoms with Crippen LogP contribution in [0.3, 0.4) is 0 Å². The van der Waals surface area contributed by atoms with Crippen molar-refractivity contribution in [1.82, 2.24) is 0 Å². The number of carbonyl (C=O) groups excluding carboxylic acids is 1. The molecule has 20 heavy (non-hydrogen) atoms. The summed E-state index contributed by atoms with van der Waals surface area (Å²) in [6, 6.07) is 13.6. The summed E-state index contributed by atoms with van der Waals surface area (Å²) in [5, 5.41) is 0.885. The van der Waals surface area contributed by atoms with Gasteiger partial charge in [-0.1, -0.05) is 34.1 Å². The second kappa shape index (κ2) is 5.21. The molecule has 1 heterocycles. The van der Waals surface area contributed by atoms with E-state index in [0.717, 1.165) is 5.39 Å². The number of para-hydroxylation sites is 1. The zero-order valence-corrected chi connectivity index (χ0v) is 12.0. The van der Waals surface area contributed by atoms with Gasteiger partial charge in [0.05, 0.1) is 0 Å². The summed E-state index contributed by atoms with van der Waals surface area (Å²) < 4.78 is 19.4. The standard InChI is InChI=1S/C16H10BrFO2/c17-12-5-10(6-13(18)9-12)7-14(19)16-8-11-3-1-2-4-15(11)20-16/h1-6,8-9H,7H2. The maximum absolute atomic E-state index is 13.3. The Morgan fingerprint density at radius 2 is 1.95 bits per heavy atom. The Morgan fingerprint density at radius 1 is 1.15 bits per heavy atom. The molecule has 0 radical (unpaired) electrons. The molecule has 0 spiro atoms. The molecule has 0 aliphatic rings. The second-order valence-corrected chi connectivity index (χ2v) is 5.44. The molecule has 3 rings (SSSR count). The Bertz CT molecular complexity index is 739. The summed E-state index contributed by atoms with van der Waals surface area (Å²) in [4.78, 5) is 12.2. The van der Waals surface area contributed by atoms with Crippen LogP contribution in [0.5, 0.6) is 0 Å². The van der Waals surface area contributed by atoms with Gasteiger partial charge in [-0.05, 0) is 35.9 Å². The van der Waals surface area contributed by atoms with Gasteiger partial charge in [-0.15, -0.1) is 0 Å². The van der Waals surface area contributed by atoms with Gasteiger partial charge in [-0.2, -0.15) is 0 Å².